The Kier molecular flexibility index (Phi) is 6.20. The number of carbonyl (C=O) groups is 1. The minimum absolute atomic E-state index is 0.0870. The van der Waals surface area contributed by atoms with Crippen LogP contribution in [0.5, 0.6) is 0 Å². The first-order valence-electron chi connectivity index (χ1n) is 9.91. The fraction of sp³-hybridized carbons (Fsp3) is 0.217. The molecule has 0 aliphatic carbocycles. The number of rotatable bonds is 8. The van der Waals surface area contributed by atoms with E-state index >= 15 is 0 Å². The van der Waals surface area contributed by atoms with Gasteiger partial charge >= 0.3 is 0 Å². The molecular formula is C23H22N2O4S2. The number of amides is 1. The normalized spacial score (nSPS) is 11.6. The van der Waals surface area contributed by atoms with Crippen LogP contribution < -0.4 is 4.90 Å². The van der Waals surface area contributed by atoms with Gasteiger partial charge in [0.2, 0.25) is 5.91 Å². The molecule has 0 aliphatic heterocycles. The topological polar surface area (TPSA) is 80.5 Å². The van der Waals surface area contributed by atoms with Crippen LogP contribution >= 0.6 is 11.3 Å². The van der Waals surface area contributed by atoms with Crippen LogP contribution in [0.2, 0.25) is 0 Å². The van der Waals surface area contributed by atoms with Gasteiger partial charge in [-0.3, -0.25) is 9.69 Å². The van der Waals surface area contributed by atoms with Crippen molar-refractivity contribution in [2.24, 2.45) is 0 Å². The van der Waals surface area contributed by atoms with Crippen molar-refractivity contribution in [2.45, 2.75) is 31.2 Å². The highest BCUT2D eigenvalue weighted by atomic mass is 32.2. The molecule has 4 rings (SSSR count). The number of fused-ring (bicyclic) bond motifs is 1. The van der Waals surface area contributed by atoms with Gasteiger partial charge in [0.15, 0.2) is 15.0 Å². The number of hydrogen-bond acceptors (Lipinski definition) is 6. The zero-order chi connectivity index (χ0) is 21.8. The summed E-state index contributed by atoms with van der Waals surface area (Å²) < 4.78 is 31.5. The van der Waals surface area contributed by atoms with Crippen LogP contribution in [-0.4, -0.2) is 25.1 Å². The van der Waals surface area contributed by atoms with E-state index in [2.05, 4.69) is 4.98 Å². The molecule has 0 atom stereocenters. The highest BCUT2D eigenvalue weighted by Gasteiger charge is 2.23. The lowest BCUT2D eigenvalue weighted by Crippen LogP contribution is -2.30. The van der Waals surface area contributed by atoms with Crippen molar-refractivity contribution in [1.82, 2.24) is 4.98 Å². The summed E-state index contributed by atoms with van der Waals surface area (Å²) in [4.78, 5) is 19.6. The molecule has 0 bridgehead atoms. The molecule has 2 aromatic carbocycles. The van der Waals surface area contributed by atoms with Crippen molar-refractivity contribution >= 4 is 42.4 Å². The van der Waals surface area contributed by atoms with Crippen molar-refractivity contribution in [3.63, 3.8) is 0 Å². The highest BCUT2D eigenvalue weighted by molar-refractivity contribution is 7.91. The summed E-state index contributed by atoms with van der Waals surface area (Å²) in [6.07, 6.45) is 1.89. The monoisotopic (exact) mass is 454 g/mol. The molecule has 0 saturated heterocycles. The molecule has 4 aromatic rings. The van der Waals surface area contributed by atoms with Gasteiger partial charge < -0.3 is 4.42 Å². The van der Waals surface area contributed by atoms with Crippen LogP contribution in [0.25, 0.3) is 10.2 Å². The molecule has 31 heavy (non-hydrogen) atoms. The molecule has 0 fully saturated rings. The van der Waals surface area contributed by atoms with Gasteiger partial charge in [-0.25, -0.2) is 13.4 Å². The molecule has 0 aliphatic rings. The van der Waals surface area contributed by atoms with Gasteiger partial charge in [-0.15, -0.1) is 0 Å². The number of aryl methyl sites for hydroxylation is 1. The van der Waals surface area contributed by atoms with Gasteiger partial charge in [0, 0.05) is 6.42 Å². The van der Waals surface area contributed by atoms with Gasteiger partial charge in [-0.05, 0) is 49.2 Å². The van der Waals surface area contributed by atoms with Crippen LogP contribution in [0.4, 0.5) is 5.13 Å². The van der Waals surface area contributed by atoms with Crippen LogP contribution in [0.15, 0.2) is 76.2 Å². The lowest BCUT2D eigenvalue weighted by molar-refractivity contribution is -0.118. The molecule has 0 spiro atoms. The van der Waals surface area contributed by atoms with Crippen LogP contribution in [0.1, 0.15) is 24.2 Å². The Morgan fingerprint density at radius 3 is 2.58 bits per heavy atom. The third-order valence-corrected chi connectivity index (χ3v) is 7.80. The van der Waals surface area contributed by atoms with E-state index in [0.717, 1.165) is 15.8 Å². The number of hydrogen-bond donors (Lipinski definition) is 0. The van der Waals surface area contributed by atoms with Crippen molar-refractivity contribution in [3.05, 3.63) is 78.3 Å². The summed E-state index contributed by atoms with van der Waals surface area (Å²) in [5.74, 6) is 0.369. The predicted molar refractivity (Wildman–Crippen MR) is 122 cm³/mol. The maximum Gasteiger partial charge on any atom is 0.229 e. The molecule has 2 aromatic heterocycles. The number of benzene rings is 2. The van der Waals surface area contributed by atoms with Gasteiger partial charge in [-0.1, -0.05) is 41.7 Å². The average molecular weight is 455 g/mol. The third-order valence-electron chi connectivity index (χ3n) is 4.94. The SMILES string of the molecule is Cc1cccc2sc(N(Cc3ccco3)C(=O)CCCS(=O)(=O)c3ccccc3)nc12. The van der Waals surface area contributed by atoms with E-state index in [1.165, 1.54) is 11.3 Å². The Morgan fingerprint density at radius 1 is 1.06 bits per heavy atom. The molecule has 0 N–H and O–H groups in total. The molecule has 160 valence electrons. The maximum absolute atomic E-state index is 13.1. The molecule has 0 radical (unpaired) electrons. The summed E-state index contributed by atoms with van der Waals surface area (Å²) >= 11 is 1.44. The summed E-state index contributed by atoms with van der Waals surface area (Å²) in [5, 5.41) is 0.580. The van der Waals surface area contributed by atoms with Crippen molar-refractivity contribution in [3.8, 4) is 0 Å². The first-order valence-corrected chi connectivity index (χ1v) is 12.4. The molecule has 1 amide bonds. The number of aromatic nitrogens is 1. The van der Waals surface area contributed by atoms with Gasteiger partial charge in [0.1, 0.15) is 5.76 Å². The maximum atomic E-state index is 13.1. The van der Waals surface area contributed by atoms with E-state index in [1.54, 1.807) is 53.6 Å². The first kappa shape index (κ1) is 21.3. The molecule has 6 nitrogen and oxygen atoms in total. The van der Waals surface area contributed by atoms with E-state index in [1.807, 2.05) is 25.1 Å². The number of sulfone groups is 1. The van der Waals surface area contributed by atoms with E-state index in [9.17, 15) is 13.2 Å². The van der Waals surface area contributed by atoms with Crippen LogP contribution in [-0.2, 0) is 21.2 Å². The number of furan rings is 1. The minimum atomic E-state index is -3.42. The lowest BCUT2D eigenvalue weighted by Gasteiger charge is -2.18. The van der Waals surface area contributed by atoms with Crippen LogP contribution in [0.3, 0.4) is 0 Å². The van der Waals surface area contributed by atoms with Gasteiger partial charge in [0.05, 0.1) is 33.7 Å². The summed E-state index contributed by atoms with van der Waals surface area (Å²) in [5.41, 5.74) is 1.91. The fourth-order valence-electron chi connectivity index (χ4n) is 3.30. The molecule has 0 unspecified atom stereocenters. The first-order chi connectivity index (χ1) is 14.9. The van der Waals surface area contributed by atoms with Crippen molar-refractivity contribution in [1.29, 1.82) is 0 Å². The van der Waals surface area contributed by atoms with Gasteiger partial charge in [0.25, 0.3) is 0 Å². The second-order valence-electron chi connectivity index (χ2n) is 7.21. The van der Waals surface area contributed by atoms with Crippen molar-refractivity contribution in [2.75, 3.05) is 10.7 Å². The summed E-state index contributed by atoms with van der Waals surface area (Å²) in [6.45, 7) is 2.23. The van der Waals surface area contributed by atoms with Crippen LogP contribution in [0, 0.1) is 6.92 Å². The Bertz CT molecular complexity index is 1280. The van der Waals surface area contributed by atoms with E-state index in [0.29, 0.717) is 10.9 Å². The zero-order valence-electron chi connectivity index (χ0n) is 17.0. The Morgan fingerprint density at radius 2 is 1.87 bits per heavy atom. The fourth-order valence-corrected chi connectivity index (χ4v) is 5.70. The minimum Gasteiger partial charge on any atom is -0.467 e. The van der Waals surface area contributed by atoms with E-state index in [4.69, 9.17) is 4.42 Å². The highest BCUT2D eigenvalue weighted by Crippen LogP contribution is 2.32. The second kappa shape index (κ2) is 9.03. The standard InChI is InChI=1S/C23H22N2O4S2/c1-17-8-5-12-20-22(17)24-23(30-20)25(16-18-9-6-14-29-18)21(26)13-7-15-31(27,28)19-10-3-2-4-11-19/h2-6,8-12,14H,7,13,15-16H2,1H3. The second-order valence-corrected chi connectivity index (χ2v) is 10.3. The van der Waals surface area contributed by atoms with Gasteiger partial charge in [-0.2, -0.15) is 0 Å². The predicted octanol–water partition coefficient (Wildman–Crippen LogP) is 4.99. The lowest BCUT2D eigenvalue weighted by atomic mass is 10.2. The molecule has 2 heterocycles. The number of thiazole rings is 1. The number of para-hydroxylation sites is 1. The number of nitrogens with zero attached hydrogens (tertiary/aromatic N) is 2. The molecule has 8 heteroatoms. The number of anilines is 1. The Balaban J connectivity index is 1.52. The zero-order valence-corrected chi connectivity index (χ0v) is 18.7. The van der Waals surface area contributed by atoms with E-state index in [-0.39, 0.29) is 35.9 Å². The quantitative estimate of drug-likeness (QED) is 0.375. The Hall–Kier alpha value is -2.97. The largest absolute Gasteiger partial charge is 0.467 e. The smallest absolute Gasteiger partial charge is 0.229 e. The molecular weight excluding hydrogens is 432 g/mol. The number of carbonyl (C=O) groups excluding carboxylic acids is 1. The molecule has 0 saturated carbocycles. The summed E-state index contributed by atoms with van der Waals surface area (Å²) in [6, 6.07) is 17.8. The Labute approximate surface area is 185 Å². The average Bonchev–Trinajstić information content (AvgIpc) is 3.43. The summed E-state index contributed by atoms with van der Waals surface area (Å²) in [7, 11) is -3.42. The van der Waals surface area contributed by atoms with Crippen molar-refractivity contribution < 1.29 is 17.6 Å². The third kappa shape index (κ3) is 4.86. The van der Waals surface area contributed by atoms with E-state index < -0.39 is 9.84 Å².